The van der Waals surface area contributed by atoms with E-state index < -0.39 is 23.0 Å². The Kier molecular flexibility index (Phi) is 3.69. The zero-order chi connectivity index (χ0) is 14.0. The Labute approximate surface area is 110 Å². The number of halogens is 2. The quantitative estimate of drug-likeness (QED) is 0.792. The fourth-order valence-corrected chi connectivity index (χ4v) is 1.86. The molecule has 0 aliphatic carbocycles. The summed E-state index contributed by atoms with van der Waals surface area (Å²) < 4.78 is 27.4. The lowest BCUT2D eigenvalue weighted by atomic mass is 10.0. The SMILES string of the molecule is Cc1cccnc1CC(=O)c1c(F)ccc(C)c1F. The summed E-state index contributed by atoms with van der Waals surface area (Å²) in [6.45, 7) is 3.30. The number of carbonyl (C=O) groups excluding carboxylic acids is 1. The minimum Gasteiger partial charge on any atom is -0.294 e. The van der Waals surface area contributed by atoms with E-state index in [1.165, 1.54) is 13.0 Å². The minimum absolute atomic E-state index is 0.107. The molecular weight excluding hydrogens is 248 g/mol. The smallest absolute Gasteiger partial charge is 0.174 e. The van der Waals surface area contributed by atoms with Crippen LogP contribution in [0.3, 0.4) is 0 Å². The Bertz CT molecular complexity index is 638. The van der Waals surface area contributed by atoms with E-state index in [4.69, 9.17) is 0 Å². The van der Waals surface area contributed by atoms with Gasteiger partial charge >= 0.3 is 0 Å². The Hall–Kier alpha value is -2.10. The molecule has 1 aromatic carbocycles. The van der Waals surface area contributed by atoms with Crippen LogP contribution in [0.2, 0.25) is 0 Å². The van der Waals surface area contributed by atoms with Crippen LogP contribution >= 0.6 is 0 Å². The molecule has 1 aromatic heterocycles. The molecule has 0 saturated heterocycles. The second-order valence-electron chi connectivity index (χ2n) is 4.42. The summed E-state index contributed by atoms with van der Waals surface area (Å²) in [7, 11) is 0. The first-order valence-electron chi connectivity index (χ1n) is 5.89. The molecule has 0 unspecified atom stereocenters. The summed E-state index contributed by atoms with van der Waals surface area (Å²) in [6, 6.07) is 5.97. The zero-order valence-corrected chi connectivity index (χ0v) is 10.7. The number of aryl methyl sites for hydroxylation is 2. The van der Waals surface area contributed by atoms with Gasteiger partial charge in [0.25, 0.3) is 0 Å². The van der Waals surface area contributed by atoms with E-state index in [1.54, 1.807) is 25.3 Å². The molecule has 2 nitrogen and oxygen atoms in total. The summed E-state index contributed by atoms with van der Waals surface area (Å²) in [5.74, 6) is -2.22. The minimum atomic E-state index is -0.832. The normalized spacial score (nSPS) is 10.5. The number of hydrogen-bond donors (Lipinski definition) is 0. The van der Waals surface area contributed by atoms with Crippen LogP contribution in [-0.2, 0) is 6.42 Å². The van der Waals surface area contributed by atoms with Crippen LogP contribution in [0.15, 0.2) is 30.5 Å². The van der Waals surface area contributed by atoms with Crippen molar-refractivity contribution in [1.82, 2.24) is 4.98 Å². The van der Waals surface area contributed by atoms with E-state index in [-0.39, 0.29) is 12.0 Å². The topological polar surface area (TPSA) is 30.0 Å². The van der Waals surface area contributed by atoms with Gasteiger partial charge in [0.1, 0.15) is 11.6 Å². The van der Waals surface area contributed by atoms with E-state index in [2.05, 4.69) is 4.98 Å². The predicted octanol–water partition coefficient (Wildman–Crippen LogP) is 3.40. The number of ketones is 1. The van der Waals surface area contributed by atoms with E-state index >= 15 is 0 Å². The number of aromatic nitrogens is 1. The molecule has 19 heavy (non-hydrogen) atoms. The lowest BCUT2D eigenvalue weighted by Crippen LogP contribution is -2.12. The molecule has 0 spiro atoms. The molecule has 0 fully saturated rings. The number of Topliss-reactive ketones (excluding diaryl/α,β-unsaturated/α-hetero) is 1. The third-order valence-corrected chi connectivity index (χ3v) is 3.01. The average molecular weight is 261 g/mol. The first kappa shape index (κ1) is 13.3. The van der Waals surface area contributed by atoms with Crippen LogP contribution in [-0.4, -0.2) is 10.8 Å². The number of nitrogens with zero attached hydrogens (tertiary/aromatic N) is 1. The largest absolute Gasteiger partial charge is 0.294 e. The van der Waals surface area contributed by atoms with Crippen molar-refractivity contribution >= 4 is 5.78 Å². The van der Waals surface area contributed by atoms with Crippen LogP contribution in [0.4, 0.5) is 8.78 Å². The van der Waals surface area contributed by atoms with E-state index in [0.29, 0.717) is 5.69 Å². The van der Waals surface area contributed by atoms with Gasteiger partial charge in [0.2, 0.25) is 0 Å². The predicted molar refractivity (Wildman–Crippen MR) is 68.1 cm³/mol. The van der Waals surface area contributed by atoms with Gasteiger partial charge in [0, 0.05) is 6.20 Å². The third-order valence-electron chi connectivity index (χ3n) is 3.01. The molecular formula is C15H13F2NO. The molecule has 0 radical (unpaired) electrons. The summed E-state index contributed by atoms with van der Waals surface area (Å²) in [5, 5.41) is 0. The van der Waals surface area contributed by atoms with Crippen molar-refractivity contribution < 1.29 is 13.6 Å². The Morgan fingerprint density at radius 2 is 1.89 bits per heavy atom. The third kappa shape index (κ3) is 2.67. The van der Waals surface area contributed by atoms with Crippen LogP contribution in [0, 0.1) is 25.5 Å². The number of rotatable bonds is 3. The van der Waals surface area contributed by atoms with Gasteiger partial charge in [-0.25, -0.2) is 8.78 Å². The van der Waals surface area contributed by atoms with Gasteiger partial charge in [-0.05, 0) is 37.1 Å². The summed E-state index contributed by atoms with van der Waals surface area (Å²) in [4.78, 5) is 16.1. The summed E-state index contributed by atoms with van der Waals surface area (Å²) in [5.41, 5.74) is 1.13. The van der Waals surface area contributed by atoms with Crippen LogP contribution in [0.5, 0.6) is 0 Å². The maximum atomic E-state index is 13.8. The van der Waals surface area contributed by atoms with Gasteiger partial charge in [0.05, 0.1) is 17.7 Å². The molecule has 2 rings (SSSR count). The van der Waals surface area contributed by atoms with Crippen LogP contribution in [0.25, 0.3) is 0 Å². The number of carbonyl (C=O) groups is 1. The van der Waals surface area contributed by atoms with E-state index in [9.17, 15) is 13.6 Å². The highest BCUT2D eigenvalue weighted by Crippen LogP contribution is 2.19. The van der Waals surface area contributed by atoms with Crippen molar-refractivity contribution in [2.24, 2.45) is 0 Å². The monoisotopic (exact) mass is 261 g/mol. The van der Waals surface area contributed by atoms with Crippen molar-refractivity contribution in [3.8, 4) is 0 Å². The number of benzene rings is 1. The highest BCUT2D eigenvalue weighted by atomic mass is 19.1. The van der Waals surface area contributed by atoms with Crippen molar-refractivity contribution in [2.75, 3.05) is 0 Å². The number of hydrogen-bond acceptors (Lipinski definition) is 2. The highest BCUT2D eigenvalue weighted by molar-refractivity contribution is 5.98. The highest BCUT2D eigenvalue weighted by Gasteiger charge is 2.20. The van der Waals surface area contributed by atoms with Crippen LogP contribution < -0.4 is 0 Å². The molecule has 4 heteroatoms. The molecule has 0 aliphatic rings. The van der Waals surface area contributed by atoms with Crippen molar-refractivity contribution in [2.45, 2.75) is 20.3 Å². The molecule has 0 N–H and O–H groups in total. The van der Waals surface area contributed by atoms with Crippen molar-refractivity contribution in [3.63, 3.8) is 0 Å². The maximum Gasteiger partial charge on any atom is 0.174 e. The zero-order valence-electron chi connectivity index (χ0n) is 10.7. The molecule has 0 amide bonds. The first-order valence-corrected chi connectivity index (χ1v) is 5.89. The molecule has 0 atom stereocenters. The molecule has 0 saturated carbocycles. The lowest BCUT2D eigenvalue weighted by molar-refractivity contribution is 0.0983. The van der Waals surface area contributed by atoms with E-state index in [1.807, 2.05) is 0 Å². The van der Waals surface area contributed by atoms with Gasteiger partial charge in [-0.3, -0.25) is 9.78 Å². The van der Waals surface area contributed by atoms with Gasteiger partial charge in [-0.2, -0.15) is 0 Å². The van der Waals surface area contributed by atoms with Crippen LogP contribution in [0.1, 0.15) is 27.2 Å². The average Bonchev–Trinajstić information content (AvgIpc) is 2.37. The summed E-state index contributed by atoms with van der Waals surface area (Å²) in [6.07, 6.45) is 1.45. The van der Waals surface area contributed by atoms with Gasteiger partial charge in [-0.1, -0.05) is 12.1 Å². The maximum absolute atomic E-state index is 13.8. The van der Waals surface area contributed by atoms with Crippen molar-refractivity contribution in [1.29, 1.82) is 0 Å². The standard InChI is InChI=1S/C15H13F2NO/c1-9-4-3-7-18-12(9)8-13(19)14-11(16)6-5-10(2)15(14)17/h3-7H,8H2,1-2H3. The number of pyridine rings is 1. The van der Waals surface area contributed by atoms with Crippen molar-refractivity contribution in [3.05, 3.63) is 64.5 Å². The Morgan fingerprint density at radius 1 is 1.16 bits per heavy atom. The molecule has 0 bridgehead atoms. The second kappa shape index (κ2) is 5.26. The summed E-state index contributed by atoms with van der Waals surface area (Å²) >= 11 is 0. The first-order chi connectivity index (χ1) is 9.00. The van der Waals surface area contributed by atoms with Gasteiger partial charge < -0.3 is 0 Å². The molecule has 2 aromatic rings. The Morgan fingerprint density at radius 3 is 2.58 bits per heavy atom. The molecule has 98 valence electrons. The Balaban J connectivity index is 2.36. The lowest BCUT2D eigenvalue weighted by Gasteiger charge is -2.07. The molecule has 0 aliphatic heterocycles. The van der Waals surface area contributed by atoms with E-state index in [0.717, 1.165) is 11.6 Å². The fraction of sp³-hybridized carbons (Fsp3) is 0.200. The van der Waals surface area contributed by atoms with Gasteiger partial charge in [-0.15, -0.1) is 0 Å². The van der Waals surface area contributed by atoms with Gasteiger partial charge in [0.15, 0.2) is 5.78 Å². The fourth-order valence-electron chi connectivity index (χ4n) is 1.86. The second-order valence-corrected chi connectivity index (χ2v) is 4.42. The molecule has 1 heterocycles.